The van der Waals surface area contributed by atoms with E-state index in [0.717, 1.165) is 45.4 Å². The van der Waals surface area contributed by atoms with Gasteiger partial charge in [0, 0.05) is 32.7 Å². The number of likely N-dealkylation sites (tertiary alicyclic amines) is 2. The number of benzene rings is 1. The number of amides is 1. The number of piperidine rings is 1. The SMILES string of the molecule is CC(C)(C)OC(=O)N1CCC(c2ccccc2CCN2CC[C@@H](F)C2)CC1. The van der Waals surface area contributed by atoms with Crippen LogP contribution in [-0.4, -0.2) is 60.4 Å². The fourth-order valence-electron chi connectivity index (χ4n) is 4.13. The minimum absolute atomic E-state index is 0.205. The standard InChI is InChI=1S/C22H33FN2O2/c1-22(2,3)27-21(26)25-14-9-18(10-15-25)20-7-5-4-6-17(20)8-12-24-13-11-19(23)16-24/h4-7,18-19H,8-16H2,1-3H3/t19-/m1/s1. The van der Waals surface area contributed by atoms with Crippen LogP contribution < -0.4 is 0 Å². The Balaban J connectivity index is 1.55. The maximum Gasteiger partial charge on any atom is 0.410 e. The van der Waals surface area contributed by atoms with E-state index in [1.54, 1.807) is 0 Å². The van der Waals surface area contributed by atoms with Crippen LogP contribution >= 0.6 is 0 Å². The van der Waals surface area contributed by atoms with Crippen molar-refractivity contribution in [3.05, 3.63) is 35.4 Å². The molecule has 1 aromatic rings. The Morgan fingerprint density at radius 1 is 1.15 bits per heavy atom. The van der Waals surface area contributed by atoms with Crippen LogP contribution in [0.3, 0.4) is 0 Å². The van der Waals surface area contributed by atoms with Crippen LogP contribution in [0.1, 0.15) is 57.1 Å². The van der Waals surface area contributed by atoms with Crippen molar-refractivity contribution >= 4 is 6.09 Å². The van der Waals surface area contributed by atoms with E-state index in [-0.39, 0.29) is 6.09 Å². The van der Waals surface area contributed by atoms with Gasteiger partial charge in [0.05, 0.1) is 0 Å². The summed E-state index contributed by atoms with van der Waals surface area (Å²) in [7, 11) is 0. The molecule has 2 aliphatic rings. The molecule has 2 fully saturated rings. The topological polar surface area (TPSA) is 32.8 Å². The van der Waals surface area contributed by atoms with Gasteiger partial charge in [-0.05, 0) is 63.5 Å². The van der Waals surface area contributed by atoms with Gasteiger partial charge in [0.25, 0.3) is 0 Å². The third-order valence-electron chi connectivity index (χ3n) is 5.55. The van der Waals surface area contributed by atoms with Crippen molar-refractivity contribution < 1.29 is 13.9 Å². The highest BCUT2D eigenvalue weighted by molar-refractivity contribution is 5.68. The van der Waals surface area contributed by atoms with Gasteiger partial charge in [-0.3, -0.25) is 0 Å². The summed E-state index contributed by atoms with van der Waals surface area (Å²) < 4.78 is 18.9. The van der Waals surface area contributed by atoms with Crippen molar-refractivity contribution in [1.29, 1.82) is 0 Å². The monoisotopic (exact) mass is 376 g/mol. The smallest absolute Gasteiger partial charge is 0.410 e. The molecule has 1 aromatic carbocycles. The zero-order valence-corrected chi connectivity index (χ0v) is 16.9. The third-order valence-corrected chi connectivity index (χ3v) is 5.55. The van der Waals surface area contributed by atoms with E-state index >= 15 is 0 Å². The Hall–Kier alpha value is -1.62. The second-order valence-corrected chi connectivity index (χ2v) is 8.88. The lowest BCUT2D eigenvalue weighted by Gasteiger charge is -2.34. The van der Waals surface area contributed by atoms with Gasteiger partial charge in [0.1, 0.15) is 11.8 Å². The number of nitrogens with zero attached hydrogens (tertiary/aromatic N) is 2. The maximum absolute atomic E-state index is 13.4. The van der Waals surface area contributed by atoms with Crippen molar-refractivity contribution in [3.8, 4) is 0 Å². The van der Waals surface area contributed by atoms with Gasteiger partial charge in [-0.25, -0.2) is 9.18 Å². The second-order valence-electron chi connectivity index (χ2n) is 8.88. The number of carbonyl (C=O) groups excluding carboxylic acids is 1. The molecule has 2 aliphatic heterocycles. The van der Waals surface area contributed by atoms with E-state index in [0.29, 0.717) is 18.9 Å². The lowest BCUT2D eigenvalue weighted by Crippen LogP contribution is -2.41. The van der Waals surface area contributed by atoms with Crippen molar-refractivity contribution in [3.63, 3.8) is 0 Å². The highest BCUT2D eigenvalue weighted by Gasteiger charge is 2.28. The molecule has 2 saturated heterocycles. The van der Waals surface area contributed by atoms with Crippen LogP contribution in [0.4, 0.5) is 9.18 Å². The highest BCUT2D eigenvalue weighted by atomic mass is 19.1. The van der Waals surface area contributed by atoms with Crippen LogP contribution in [0.2, 0.25) is 0 Å². The van der Waals surface area contributed by atoms with Gasteiger partial charge in [-0.15, -0.1) is 0 Å². The molecule has 0 unspecified atom stereocenters. The van der Waals surface area contributed by atoms with E-state index in [1.807, 2.05) is 25.7 Å². The summed E-state index contributed by atoms with van der Waals surface area (Å²) in [5.74, 6) is 0.479. The van der Waals surface area contributed by atoms with Gasteiger partial charge in [0.15, 0.2) is 0 Å². The molecule has 1 atom stereocenters. The Bertz CT molecular complexity index is 635. The number of halogens is 1. The summed E-state index contributed by atoms with van der Waals surface area (Å²) in [6.07, 6.45) is 2.71. The van der Waals surface area contributed by atoms with Gasteiger partial charge in [-0.2, -0.15) is 0 Å². The molecular formula is C22H33FN2O2. The molecule has 27 heavy (non-hydrogen) atoms. The van der Waals surface area contributed by atoms with E-state index in [2.05, 4.69) is 29.2 Å². The van der Waals surface area contributed by atoms with Gasteiger partial charge >= 0.3 is 6.09 Å². The molecule has 0 saturated carbocycles. The first kappa shape index (κ1) is 20.1. The van der Waals surface area contributed by atoms with Crippen LogP contribution in [0.15, 0.2) is 24.3 Å². The number of ether oxygens (including phenoxy) is 1. The van der Waals surface area contributed by atoms with Crippen molar-refractivity contribution in [2.75, 3.05) is 32.7 Å². The first-order chi connectivity index (χ1) is 12.8. The number of hydrogen-bond donors (Lipinski definition) is 0. The zero-order valence-electron chi connectivity index (χ0n) is 16.9. The fraction of sp³-hybridized carbons (Fsp3) is 0.682. The molecule has 150 valence electrons. The van der Waals surface area contributed by atoms with Crippen LogP contribution in [-0.2, 0) is 11.2 Å². The van der Waals surface area contributed by atoms with E-state index in [9.17, 15) is 9.18 Å². The molecule has 1 amide bonds. The van der Waals surface area contributed by atoms with Crippen molar-refractivity contribution in [2.24, 2.45) is 0 Å². The zero-order chi connectivity index (χ0) is 19.4. The fourth-order valence-corrected chi connectivity index (χ4v) is 4.13. The Labute approximate surface area is 162 Å². The Kier molecular flexibility index (Phi) is 6.40. The maximum atomic E-state index is 13.4. The molecule has 0 aliphatic carbocycles. The number of rotatable bonds is 4. The predicted molar refractivity (Wildman–Crippen MR) is 106 cm³/mol. The van der Waals surface area contributed by atoms with Crippen molar-refractivity contribution in [2.45, 2.75) is 64.1 Å². The minimum Gasteiger partial charge on any atom is -0.444 e. The number of hydrogen-bond acceptors (Lipinski definition) is 3. The average Bonchev–Trinajstić information content (AvgIpc) is 3.04. The largest absolute Gasteiger partial charge is 0.444 e. The Morgan fingerprint density at radius 2 is 1.85 bits per heavy atom. The van der Waals surface area contributed by atoms with Crippen LogP contribution in [0.25, 0.3) is 0 Å². The lowest BCUT2D eigenvalue weighted by atomic mass is 9.85. The van der Waals surface area contributed by atoms with E-state index in [1.165, 1.54) is 11.1 Å². The normalized spacial score (nSPS) is 22.2. The lowest BCUT2D eigenvalue weighted by molar-refractivity contribution is 0.0204. The molecule has 0 radical (unpaired) electrons. The Morgan fingerprint density at radius 3 is 2.48 bits per heavy atom. The third kappa shape index (κ3) is 5.68. The molecule has 5 heteroatoms. The summed E-state index contributed by atoms with van der Waals surface area (Å²) in [4.78, 5) is 16.3. The molecule has 3 rings (SSSR count). The summed E-state index contributed by atoms with van der Waals surface area (Å²) >= 11 is 0. The quantitative estimate of drug-likeness (QED) is 0.781. The minimum atomic E-state index is -0.655. The second kappa shape index (κ2) is 8.59. The van der Waals surface area contributed by atoms with Crippen LogP contribution in [0, 0.1) is 0 Å². The molecule has 0 spiro atoms. The highest BCUT2D eigenvalue weighted by Crippen LogP contribution is 2.31. The van der Waals surface area contributed by atoms with Crippen LogP contribution in [0.5, 0.6) is 0 Å². The number of carbonyl (C=O) groups is 1. The molecule has 4 nitrogen and oxygen atoms in total. The van der Waals surface area contributed by atoms with Crippen molar-refractivity contribution in [1.82, 2.24) is 9.80 Å². The van der Waals surface area contributed by atoms with Gasteiger partial charge in [0.2, 0.25) is 0 Å². The summed E-state index contributed by atoms with van der Waals surface area (Å²) in [6.45, 7) is 9.56. The van der Waals surface area contributed by atoms with E-state index < -0.39 is 11.8 Å². The molecule has 0 N–H and O–H groups in total. The molecule has 0 bridgehead atoms. The molecule has 0 aromatic heterocycles. The first-order valence-corrected chi connectivity index (χ1v) is 10.2. The van der Waals surface area contributed by atoms with Gasteiger partial charge in [-0.1, -0.05) is 24.3 Å². The average molecular weight is 377 g/mol. The van der Waals surface area contributed by atoms with E-state index in [4.69, 9.17) is 4.74 Å². The summed E-state index contributed by atoms with van der Waals surface area (Å²) in [5, 5.41) is 0. The first-order valence-electron chi connectivity index (χ1n) is 10.2. The van der Waals surface area contributed by atoms with Gasteiger partial charge < -0.3 is 14.5 Å². The predicted octanol–water partition coefficient (Wildman–Crippen LogP) is 4.39. The summed E-state index contributed by atoms with van der Waals surface area (Å²) in [6, 6.07) is 8.63. The summed E-state index contributed by atoms with van der Waals surface area (Å²) in [5.41, 5.74) is 2.32. The molecular weight excluding hydrogens is 343 g/mol. The molecule has 2 heterocycles. The number of alkyl halides is 1.